The lowest BCUT2D eigenvalue weighted by atomic mass is 10.4. The van der Waals surface area contributed by atoms with Gasteiger partial charge in [0.2, 0.25) is 5.95 Å². The Morgan fingerprint density at radius 3 is 2.76 bits per heavy atom. The zero-order chi connectivity index (χ0) is 11.8. The topological polar surface area (TPSA) is 53.8 Å². The number of hydrogen-bond acceptors (Lipinski definition) is 5. The first-order valence-corrected chi connectivity index (χ1v) is 6.14. The van der Waals surface area contributed by atoms with Crippen molar-refractivity contribution in [3.05, 3.63) is 11.4 Å². The first-order valence-electron chi connectivity index (χ1n) is 6.14. The van der Waals surface area contributed by atoms with Gasteiger partial charge in [-0.15, -0.1) is 0 Å². The number of hydroxylamine groups is 2. The van der Waals surface area contributed by atoms with Crippen molar-refractivity contribution in [2.45, 2.75) is 26.6 Å². The number of morpholine rings is 1. The van der Waals surface area contributed by atoms with Crippen LogP contribution in [-0.4, -0.2) is 46.1 Å². The summed E-state index contributed by atoms with van der Waals surface area (Å²) in [5, 5.41) is 10.8. The Balaban J connectivity index is 1.92. The van der Waals surface area contributed by atoms with Gasteiger partial charge >= 0.3 is 0 Å². The second-order valence-electron chi connectivity index (χ2n) is 4.47. The largest absolute Gasteiger partial charge is 0.378 e. The molecule has 0 saturated carbocycles. The van der Waals surface area contributed by atoms with Crippen molar-refractivity contribution >= 4 is 5.95 Å². The maximum Gasteiger partial charge on any atom is 0.206 e. The zero-order valence-corrected chi connectivity index (χ0v) is 10.1. The maximum absolute atomic E-state index is 9.51. The van der Waals surface area contributed by atoms with Crippen LogP contribution in [-0.2, 0) is 24.4 Å². The second kappa shape index (κ2) is 4.29. The molecule has 0 atom stereocenters. The molecule has 0 aromatic carbocycles. The van der Waals surface area contributed by atoms with Gasteiger partial charge in [0.05, 0.1) is 37.7 Å². The standard InChI is InChI=1S/C11H18N4O2/c1-2-15-10-8-14(16)7-9(10)12-11(15)13-3-5-17-6-4-13/h16H,2-8H2,1H3. The van der Waals surface area contributed by atoms with E-state index in [2.05, 4.69) is 21.4 Å². The summed E-state index contributed by atoms with van der Waals surface area (Å²) in [5.74, 6) is 1.04. The second-order valence-corrected chi connectivity index (χ2v) is 4.47. The van der Waals surface area contributed by atoms with E-state index in [1.165, 1.54) is 5.06 Å². The fourth-order valence-corrected chi connectivity index (χ4v) is 2.56. The molecule has 94 valence electrons. The van der Waals surface area contributed by atoms with Crippen LogP contribution in [0.5, 0.6) is 0 Å². The lowest BCUT2D eigenvalue weighted by Gasteiger charge is -2.28. The summed E-state index contributed by atoms with van der Waals surface area (Å²) in [4.78, 5) is 6.94. The Hall–Kier alpha value is -1.11. The van der Waals surface area contributed by atoms with Gasteiger partial charge in [0.1, 0.15) is 0 Å². The summed E-state index contributed by atoms with van der Waals surface area (Å²) in [7, 11) is 0. The van der Waals surface area contributed by atoms with Crippen LogP contribution < -0.4 is 4.90 Å². The summed E-state index contributed by atoms with van der Waals surface area (Å²) in [6, 6.07) is 0. The predicted molar refractivity (Wildman–Crippen MR) is 62.0 cm³/mol. The number of hydrogen-bond donors (Lipinski definition) is 1. The highest BCUT2D eigenvalue weighted by Crippen LogP contribution is 2.27. The van der Waals surface area contributed by atoms with E-state index in [0.29, 0.717) is 13.1 Å². The number of imidazole rings is 1. The molecule has 3 heterocycles. The van der Waals surface area contributed by atoms with Gasteiger partial charge in [-0.1, -0.05) is 0 Å². The molecular formula is C11H18N4O2. The minimum absolute atomic E-state index is 0.541. The van der Waals surface area contributed by atoms with Gasteiger partial charge in [-0.25, -0.2) is 4.98 Å². The SMILES string of the molecule is CCn1c(N2CCOCC2)nc2c1CN(O)C2. The molecule has 1 aromatic rings. The van der Waals surface area contributed by atoms with Gasteiger partial charge in [-0.2, -0.15) is 5.06 Å². The van der Waals surface area contributed by atoms with Crippen molar-refractivity contribution in [1.29, 1.82) is 0 Å². The molecule has 1 N–H and O–H groups in total. The van der Waals surface area contributed by atoms with E-state index < -0.39 is 0 Å². The summed E-state index contributed by atoms with van der Waals surface area (Å²) >= 11 is 0. The third-order valence-electron chi connectivity index (χ3n) is 3.41. The van der Waals surface area contributed by atoms with Crippen LogP contribution in [0.2, 0.25) is 0 Å². The quantitative estimate of drug-likeness (QED) is 0.810. The number of ether oxygens (including phenoxy) is 1. The third-order valence-corrected chi connectivity index (χ3v) is 3.41. The Kier molecular flexibility index (Phi) is 2.78. The highest BCUT2D eigenvalue weighted by atomic mass is 16.5. The summed E-state index contributed by atoms with van der Waals surface area (Å²) < 4.78 is 7.57. The Morgan fingerprint density at radius 2 is 2.06 bits per heavy atom. The van der Waals surface area contributed by atoms with Crippen molar-refractivity contribution in [2.24, 2.45) is 0 Å². The molecule has 1 aromatic heterocycles. The zero-order valence-electron chi connectivity index (χ0n) is 10.1. The molecule has 0 spiro atoms. The van der Waals surface area contributed by atoms with E-state index >= 15 is 0 Å². The van der Waals surface area contributed by atoms with E-state index in [9.17, 15) is 5.21 Å². The Morgan fingerprint density at radius 1 is 1.29 bits per heavy atom. The smallest absolute Gasteiger partial charge is 0.206 e. The van der Waals surface area contributed by atoms with Crippen LogP contribution in [0.25, 0.3) is 0 Å². The van der Waals surface area contributed by atoms with Crippen molar-refractivity contribution < 1.29 is 9.94 Å². The predicted octanol–water partition coefficient (Wildman–Crippen LogP) is 0.444. The van der Waals surface area contributed by atoms with Gasteiger partial charge in [0.15, 0.2) is 0 Å². The van der Waals surface area contributed by atoms with Crippen molar-refractivity contribution in [3.63, 3.8) is 0 Å². The average Bonchev–Trinajstić information content (AvgIpc) is 2.85. The van der Waals surface area contributed by atoms with E-state index in [1.54, 1.807) is 0 Å². The van der Waals surface area contributed by atoms with E-state index in [1.807, 2.05) is 0 Å². The molecule has 0 unspecified atom stereocenters. The van der Waals surface area contributed by atoms with Gasteiger partial charge < -0.3 is 19.4 Å². The summed E-state index contributed by atoms with van der Waals surface area (Å²) in [5.41, 5.74) is 2.16. The highest BCUT2D eigenvalue weighted by molar-refractivity contribution is 5.39. The Bertz CT molecular complexity index is 412. The lowest BCUT2D eigenvalue weighted by Crippen LogP contribution is -2.38. The van der Waals surface area contributed by atoms with Gasteiger partial charge in [0.25, 0.3) is 0 Å². The Labute approximate surface area is 100 Å². The van der Waals surface area contributed by atoms with Crippen LogP contribution in [0, 0.1) is 0 Å². The molecule has 0 amide bonds. The molecule has 1 saturated heterocycles. The fourth-order valence-electron chi connectivity index (χ4n) is 2.56. The molecule has 6 heteroatoms. The highest BCUT2D eigenvalue weighted by Gasteiger charge is 2.28. The third kappa shape index (κ3) is 1.82. The molecule has 2 aliphatic rings. The minimum Gasteiger partial charge on any atom is -0.378 e. The molecular weight excluding hydrogens is 220 g/mol. The molecule has 1 fully saturated rings. The fraction of sp³-hybridized carbons (Fsp3) is 0.727. The molecule has 6 nitrogen and oxygen atoms in total. The maximum atomic E-state index is 9.51. The van der Waals surface area contributed by atoms with Crippen LogP contribution in [0.1, 0.15) is 18.3 Å². The molecule has 3 rings (SSSR count). The number of anilines is 1. The lowest BCUT2D eigenvalue weighted by molar-refractivity contribution is -0.0985. The summed E-state index contributed by atoms with van der Waals surface area (Å²) in [6.07, 6.45) is 0. The van der Waals surface area contributed by atoms with Gasteiger partial charge in [-0.3, -0.25) is 0 Å². The van der Waals surface area contributed by atoms with Crippen LogP contribution in [0.15, 0.2) is 0 Å². The number of nitrogens with zero attached hydrogens (tertiary/aromatic N) is 4. The van der Waals surface area contributed by atoms with Gasteiger partial charge in [0, 0.05) is 19.6 Å². The van der Waals surface area contributed by atoms with Crippen molar-refractivity contribution in [3.8, 4) is 0 Å². The van der Waals surface area contributed by atoms with Crippen LogP contribution >= 0.6 is 0 Å². The number of aromatic nitrogens is 2. The normalized spacial score (nSPS) is 20.9. The van der Waals surface area contributed by atoms with Crippen molar-refractivity contribution in [2.75, 3.05) is 31.2 Å². The molecule has 17 heavy (non-hydrogen) atoms. The van der Waals surface area contributed by atoms with E-state index in [4.69, 9.17) is 4.74 Å². The number of rotatable bonds is 2. The molecule has 0 aliphatic carbocycles. The van der Waals surface area contributed by atoms with Crippen molar-refractivity contribution in [1.82, 2.24) is 14.6 Å². The van der Waals surface area contributed by atoms with Crippen LogP contribution in [0.4, 0.5) is 5.95 Å². The van der Waals surface area contributed by atoms with Crippen LogP contribution in [0.3, 0.4) is 0 Å². The van der Waals surface area contributed by atoms with E-state index in [0.717, 1.165) is 50.2 Å². The molecule has 0 bridgehead atoms. The van der Waals surface area contributed by atoms with E-state index in [-0.39, 0.29) is 0 Å². The first kappa shape index (κ1) is 11.0. The molecule has 0 radical (unpaired) electrons. The minimum atomic E-state index is 0.541. The molecule has 2 aliphatic heterocycles. The summed E-state index contributed by atoms with van der Waals surface area (Å²) in [6.45, 7) is 7.48. The number of fused-ring (bicyclic) bond motifs is 1. The average molecular weight is 238 g/mol. The monoisotopic (exact) mass is 238 g/mol. The first-order chi connectivity index (χ1) is 8.29. The van der Waals surface area contributed by atoms with Gasteiger partial charge in [-0.05, 0) is 6.92 Å².